The van der Waals surface area contributed by atoms with Gasteiger partial charge in [0, 0.05) is 5.41 Å². The third kappa shape index (κ3) is 3.19. The number of rotatable bonds is 4. The molecule has 3 aromatic rings. The molecule has 120 valence electrons. The number of tetrazole rings is 1. The van der Waals surface area contributed by atoms with Crippen molar-refractivity contribution in [3.05, 3.63) is 42.0 Å². The molecule has 0 spiro atoms. The molecule has 0 amide bonds. The summed E-state index contributed by atoms with van der Waals surface area (Å²) in [5.74, 6) is 8.10. The first-order valence-corrected chi connectivity index (χ1v) is 8.12. The van der Waals surface area contributed by atoms with E-state index in [9.17, 15) is 0 Å². The van der Waals surface area contributed by atoms with Crippen molar-refractivity contribution in [2.24, 2.45) is 0 Å². The zero-order valence-corrected chi connectivity index (χ0v) is 14.0. The second-order valence-electron chi connectivity index (χ2n) is 6.06. The lowest BCUT2D eigenvalue weighted by Gasteiger charge is -2.16. The molecular formula is C14H18N8S. The van der Waals surface area contributed by atoms with Crippen LogP contribution in [0.1, 0.15) is 32.4 Å². The van der Waals surface area contributed by atoms with Gasteiger partial charge in [-0.05, 0) is 22.6 Å². The Kier molecular flexibility index (Phi) is 4.03. The molecule has 2 N–H and O–H groups in total. The van der Waals surface area contributed by atoms with Crippen molar-refractivity contribution in [3.63, 3.8) is 0 Å². The van der Waals surface area contributed by atoms with Crippen molar-refractivity contribution in [2.45, 2.75) is 37.1 Å². The van der Waals surface area contributed by atoms with Crippen molar-refractivity contribution >= 4 is 11.8 Å². The van der Waals surface area contributed by atoms with Gasteiger partial charge in [-0.3, -0.25) is 0 Å². The summed E-state index contributed by atoms with van der Waals surface area (Å²) >= 11 is 1.45. The molecule has 23 heavy (non-hydrogen) atoms. The zero-order chi connectivity index (χ0) is 16.4. The van der Waals surface area contributed by atoms with Crippen LogP contribution in [0.3, 0.4) is 0 Å². The molecule has 2 heterocycles. The monoisotopic (exact) mass is 330 g/mol. The van der Waals surface area contributed by atoms with Gasteiger partial charge in [0.25, 0.3) is 0 Å². The zero-order valence-electron chi connectivity index (χ0n) is 13.2. The van der Waals surface area contributed by atoms with Crippen molar-refractivity contribution < 1.29 is 0 Å². The minimum Gasteiger partial charge on any atom is -0.336 e. The van der Waals surface area contributed by atoms with E-state index in [-0.39, 0.29) is 5.41 Å². The predicted octanol–water partition coefficient (Wildman–Crippen LogP) is 1.56. The predicted molar refractivity (Wildman–Crippen MR) is 87.6 cm³/mol. The Morgan fingerprint density at radius 3 is 2.48 bits per heavy atom. The van der Waals surface area contributed by atoms with Gasteiger partial charge in [-0.25, -0.2) is 4.68 Å². The van der Waals surface area contributed by atoms with E-state index in [4.69, 9.17) is 5.84 Å². The fraction of sp³-hybridized carbons (Fsp3) is 0.357. The quantitative estimate of drug-likeness (QED) is 0.572. The first kappa shape index (κ1) is 15.5. The van der Waals surface area contributed by atoms with Crippen molar-refractivity contribution in [2.75, 3.05) is 5.84 Å². The SMILES string of the molecule is CC(C)(C)c1nnc(SCc2nnnn2-c2ccccc2)n1N. The first-order valence-electron chi connectivity index (χ1n) is 7.13. The van der Waals surface area contributed by atoms with Gasteiger partial charge in [-0.1, -0.05) is 50.7 Å². The largest absolute Gasteiger partial charge is 0.336 e. The van der Waals surface area contributed by atoms with E-state index in [1.165, 1.54) is 16.4 Å². The van der Waals surface area contributed by atoms with Gasteiger partial charge < -0.3 is 5.84 Å². The third-order valence-corrected chi connectivity index (χ3v) is 4.14. The average molecular weight is 330 g/mol. The standard InChI is InChI=1S/C14H18N8S/c1-14(2,3)12-17-18-13(21(12)15)23-9-11-16-19-20-22(11)10-7-5-4-6-8-10/h4-8H,9,15H2,1-3H3. The lowest BCUT2D eigenvalue weighted by Crippen LogP contribution is -2.24. The van der Waals surface area contributed by atoms with Crippen LogP contribution in [0.15, 0.2) is 35.5 Å². The Morgan fingerprint density at radius 1 is 1.09 bits per heavy atom. The minimum absolute atomic E-state index is 0.161. The van der Waals surface area contributed by atoms with Crippen LogP contribution in [0.4, 0.5) is 0 Å². The molecule has 8 nitrogen and oxygen atoms in total. The number of benzene rings is 1. The Hall–Kier alpha value is -2.42. The molecule has 3 rings (SSSR count). The third-order valence-electron chi connectivity index (χ3n) is 3.20. The highest BCUT2D eigenvalue weighted by Crippen LogP contribution is 2.25. The maximum atomic E-state index is 6.09. The summed E-state index contributed by atoms with van der Waals surface area (Å²) < 4.78 is 3.23. The van der Waals surface area contributed by atoms with E-state index >= 15 is 0 Å². The van der Waals surface area contributed by atoms with Gasteiger partial charge in [-0.15, -0.1) is 15.3 Å². The summed E-state index contributed by atoms with van der Waals surface area (Å²) in [7, 11) is 0. The van der Waals surface area contributed by atoms with Crippen LogP contribution < -0.4 is 5.84 Å². The Morgan fingerprint density at radius 2 is 1.83 bits per heavy atom. The molecule has 2 aromatic heterocycles. The second-order valence-corrected chi connectivity index (χ2v) is 7.00. The van der Waals surface area contributed by atoms with E-state index in [2.05, 4.69) is 25.7 Å². The van der Waals surface area contributed by atoms with Crippen LogP contribution in [0.2, 0.25) is 0 Å². The maximum absolute atomic E-state index is 6.09. The highest BCUT2D eigenvalue weighted by Gasteiger charge is 2.23. The highest BCUT2D eigenvalue weighted by atomic mass is 32.2. The summed E-state index contributed by atoms with van der Waals surface area (Å²) in [6, 6.07) is 9.74. The van der Waals surface area contributed by atoms with E-state index in [0.717, 1.165) is 17.3 Å². The van der Waals surface area contributed by atoms with Crippen LogP contribution in [-0.4, -0.2) is 35.1 Å². The topological polar surface area (TPSA) is 100 Å². The van der Waals surface area contributed by atoms with Crippen molar-refractivity contribution in [1.29, 1.82) is 0 Å². The van der Waals surface area contributed by atoms with Gasteiger partial charge in [0.2, 0.25) is 5.16 Å². The van der Waals surface area contributed by atoms with Crippen LogP contribution in [0.25, 0.3) is 5.69 Å². The molecule has 0 aliphatic heterocycles. The number of nitrogen functional groups attached to an aromatic ring is 1. The number of nitrogens with two attached hydrogens (primary N) is 1. The summed E-state index contributed by atoms with van der Waals surface area (Å²) in [6.07, 6.45) is 0. The van der Waals surface area contributed by atoms with E-state index in [1.54, 1.807) is 4.68 Å². The van der Waals surface area contributed by atoms with Crippen LogP contribution in [0, 0.1) is 0 Å². The molecule has 0 unspecified atom stereocenters. The van der Waals surface area contributed by atoms with Crippen LogP contribution in [-0.2, 0) is 11.2 Å². The molecule has 0 bridgehead atoms. The lowest BCUT2D eigenvalue weighted by molar-refractivity contribution is 0.523. The molecule has 0 atom stereocenters. The fourth-order valence-electron chi connectivity index (χ4n) is 2.08. The minimum atomic E-state index is -0.161. The molecule has 9 heteroatoms. The normalized spacial score (nSPS) is 11.8. The molecule has 0 fully saturated rings. The molecule has 0 aliphatic rings. The number of para-hydroxylation sites is 1. The van der Waals surface area contributed by atoms with Gasteiger partial charge in [0.05, 0.1) is 11.4 Å². The Balaban J connectivity index is 1.78. The second kappa shape index (κ2) is 5.99. The van der Waals surface area contributed by atoms with E-state index in [0.29, 0.717) is 10.9 Å². The van der Waals surface area contributed by atoms with Gasteiger partial charge in [0.1, 0.15) is 0 Å². The number of thioether (sulfide) groups is 1. The number of nitrogens with zero attached hydrogens (tertiary/aromatic N) is 7. The smallest absolute Gasteiger partial charge is 0.210 e. The summed E-state index contributed by atoms with van der Waals surface area (Å²) in [4.78, 5) is 0. The molecule has 0 aliphatic carbocycles. The number of aromatic nitrogens is 7. The molecule has 0 radical (unpaired) electrons. The van der Waals surface area contributed by atoms with Crippen molar-refractivity contribution in [3.8, 4) is 5.69 Å². The number of hydrogen-bond acceptors (Lipinski definition) is 7. The molecular weight excluding hydrogens is 312 g/mol. The van der Waals surface area contributed by atoms with Crippen LogP contribution in [0.5, 0.6) is 0 Å². The fourth-order valence-corrected chi connectivity index (χ4v) is 2.84. The van der Waals surface area contributed by atoms with Crippen molar-refractivity contribution in [1.82, 2.24) is 35.1 Å². The summed E-state index contributed by atoms with van der Waals surface area (Å²) in [5, 5.41) is 20.8. The van der Waals surface area contributed by atoms with Crippen LogP contribution >= 0.6 is 11.8 Å². The van der Waals surface area contributed by atoms with Gasteiger partial charge >= 0.3 is 0 Å². The Bertz CT molecular complexity index is 787. The first-order chi connectivity index (χ1) is 11.0. The summed E-state index contributed by atoms with van der Waals surface area (Å²) in [6.45, 7) is 6.14. The van der Waals surface area contributed by atoms with Gasteiger partial charge in [-0.2, -0.15) is 4.68 Å². The maximum Gasteiger partial charge on any atom is 0.210 e. The van der Waals surface area contributed by atoms with E-state index < -0.39 is 0 Å². The number of hydrogen-bond donors (Lipinski definition) is 1. The summed E-state index contributed by atoms with van der Waals surface area (Å²) in [5.41, 5.74) is 0.754. The van der Waals surface area contributed by atoms with E-state index in [1.807, 2.05) is 51.1 Å². The molecule has 0 saturated heterocycles. The highest BCUT2D eigenvalue weighted by molar-refractivity contribution is 7.98. The molecule has 1 aromatic carbocycles. The van der Waals surface area contributed by atoms with Gasteiger partial charge in [0.15, 0.2) is 11.6 Å². The molecule has 0 saturated carbocycles. The Labute approximate surface area is 138 Å². The lowest BCUT2D eigenvalue weighted by atomic mass is 9.96. The average Bonchev–Trinajstić information content (AvgIpc) is 3.12.